The molecule has 1 heterocycles. The molecule has 0 unspecified atom stereocenters. The predicted octanol–water partition coefficient (Wildman–Crippen LogP) is 3.32. The molecule has 22 heavy (non-hydrogen) atoms. The minimum atomic E-state index is -0.302. The SMILES string of the molecule is COc1cc(-c2ccc(F)cc2)cc2c(=O)cn[nH]c12.Cl.N. The van der Waals surface area contributed by atoms with Gasteiger partial charge in [-0.05, 0) is 35.4 Å². The lowest BCUT2D eigenvalue weighted by molar-refractivity contribution is 0.418. The third kappa shape index (κ3) is 3.08. The molecule has 0 aliphatic heterocycles. The number of benzene rings is 2. The van der Waals surface area contributed by atoms with E-state index in [1.807, 2.05) is 0 Å². The number of H-pyrrole nitrogens is 1. The van der Waals surface area contributed by atoms with Crippen LogP contribution in [0.3, 0.4) is 0 Å². The number of rotatable bonds is 2. The van der Waals surface area contributed by atoms with Gasteiger partial charge in [-0.25, -0.2) is 4.39 Å². The predicted molar refractivity (Wildman–Crippen MR) is 86.6 cm³/mol. The highest BCUT2D eigenvalue weighted by atomic mass is 35.5. The minimum absolute atomic E-state index is 0. The van der Waals surface area contributed by atoms with E-state index < -0.39 is 0 Å². The van der Waals surface area contributed by atoms with Gasteiger partial charge < -0.3 is 10.9 Å². The summed E-state index contributed by atoms with van der Waals surface area (Å²) in [4.78, 5) is 11.9. The Hall–Kier alpha value is -2.44. The number of halogens is 2. The number of nitrogens with zero attached hydrogens (tertiary/aromatic N) is 1. The first-order chi connectivity index (χ1) is 9.69. The molecule has 0 amide bonds. The van der Waals surface area contributed by atoms with Crippen LogP contribution in [-0.2, 0) is 0 Å². The van der Waals surface area contributed by atoms with Crippen LogP contribution >= 0.6 is 12.4 Å². The van der Waals surface area contributed by atoms with Gasteiger partial charge in [0.2, 0.25) is 5.43 Å². The summed E-state index contributed by atoms with van der Waals surface area (Å²) >= 11 is 0. The van der Waals surface area contributed by atoms with E-state index in [1.54, 1.807) is 24.3 Å². The van der Waals surface area contributed by atoms with Crippen molar-refractivity contribution in [3.05, 3.63) is 58.6 Å². The van der Waals surface area contributed by atoms with Crippen molar-refractivity contribution in [3.63, 3.8) is 0 Å². The molecular weight excluding hydrogens is 309 g/mol. The number of hydrogen-bond acceptors (Lipinski definition) is 4. The van der Waals surface area contributed by atoms with Crippen molar-refractivity contribution < 1.29 is 9.13 Å². The largest absolute Gasteiger partial charge is 0.494 e. The fraction of sp³-hybridized carbons (Fsp3) is 0.0667. The summed E-state index contributed by atoms with van der Waals surface area (Å²) in [5.74, 6) is 0.218. The van der Waals surface area contributed by atoms with Crippen LogP contribution in [0.1, 0.15) is 0 Å². The van der Waals surface area contributed by atoms with E-state index in [1.165, 1.54) is 25.4 Å². The van der Waals surface area contributed by atoms with Gasteiger partial charge in [-0.15, -0.1) is 12.4 Å². The number of methoxy groups -OCH3 is 1. The van der Waals surface area contributed by atoms with Crippen molar-refractivity contribution in [3.8, 4) is 16.9 Å². The summed E-state index contributed by atoms with van der Waals surface area (Å²) in [6, 6.07) is 9.60. The Bertz CT molecular complexity index is 834. The normalized spacial score (nSPS) is 9.73. The molecule has 1 aromatic heterocycles. The summed E-state index contributed by atoms with van der Waals surface area (Å²) in [6.45, 7) is 0. The zero-order chi connectivity index (χ0) is 14.1. The molecule has 0 aliphatic carbocycles. The van der Waals surface area contributed by atoms with Gasteiger partial charge >= 0.3 is 0 Å². The van der Waals surface area contributed by atoms with Gasteiger partial charge in [-0.1, -0.05) is 12.1 Å². The average molecular weight is 324 g/mol. The Kier molecular flexibility index (Phi) is 5.62. The van der Waals surface area contributed by atoms with Crippen molar-refractivity contribution in [2.45, 2.75) is 0 Å². The Morgan fingerprint density at radius 3 is 2.45 bits per heavy atom. The van der Waals surface area contributed by atoms with Crippen molar-refractivity contribution in [2.75, 3.05) is 7.11 Å². The standard InChI is InChI=1S/C15H11FN2O2.ClH.H3N/c1-20-14-7-10(9-2-4-11(16)5-3-9)6-12-13(19)8-17-18-15(12)14;;/h2-8H,1H3,(H,18,19);1H;1H3. The number of ether oxygens (including phenoxy) is 1. The minimum Gasteiger partial charge on any atom is -0.494 e. The maximum absolute atomic E-state index is 13.0. The third-order valence-electron chi connectivity index (χ3n) is 3.12. The topological polar surface area (TPSA) is 90.0 Å². The van der Waals surface area contributed by atoms with E-state index in [0.717, 1.165) is 11.1 Å². The van der Waals surface area contributed by atoms with Crippen LogP contribution in [0.4, 0.5) is 4.39 Å². The molecule has 7 heteroatoms. The zero-order valence-electron chi connectivity index (χ0n) is 11.8. The first kappa shape index (κ1) is 17.6. The molecule has 2 aromatic carbocycles. The van der Waals surface area contributed by atoms with Crippen LogP contribution in [0.25, 0.3) is 22.0 Å². The monoisotopic (exact) mass is 323 g/mol. The van der Waals surface area contributed by atoms with E-state index in [-0.39, 0.29) is 29.8 Å². The Morgan fingerprint density at radius 1 is 1.14 bits per heavy atom. The van der Waals surface area contributed by atoms with Gasteiger partial charge in [0.25, 0.3) is 0 Å². The lowest BCUT2D eigenvalue weighted by Crippen LogP contribution is -2.04. The van der Waals surface area contributed by atoms with Gasteiger partial charge in [0.15, 0.2) is 0 Å². The smallest absolute Gasteiger partial charge is 0.208 e. The summed E-state index contributed by atoms with van der Waals surface area (Å²) < 4.78 is 18.3. The maximum atomic E-state index is 13.0. The maximum Gasteiger partial charge on any atom is 0.208 e. The molecule has 3 rings (SSSR count). The van der Waals surface area contributed by atoms with Crippen molar-refractivity contribution in [1.29, 1.82) is 0 Å². The Morgan fingerprint density at radius 2 is 1.82 bits per heavy atom. The molecule has 0 atom stereocenters. The quantitative estimate of drug-likeness (QED) is 0.757. The zero-order valence-corrected chi connectivity index (χ0v) is 12.6. The van der Waals surface area contributed by atoms with Crippen molar-refractivity contribution in [2.24, 2.45) is 0 Å². The average Bonchev–Trinajstić information content (AvgIpc) is 2.47. The van der Waals surface area contributed by atoms with Gasteiger partial charge in [-0.3, -0.25) is 9.89 Å². The third-order valence-corrected chi connectivity index (χ3v) is 3.12. The summed E-state index contributed by atoms with van der Waals surface area (Å²) in [6.07, 6.45) is 1.22. The van der Waals surface area contributed by atoms with E-state index in [4.69, 9.17) is 4.74 Å². The molecule has 0 radical (unpaired) electrons. The number of aromatic amines is 1. The van der Waals surface area contributed by atoms with Crippen molar-refractivity contribution in [1.82, 2.24) is 16.3 Å². The Labute approximate surface area is 132 Å². The Balaban J connectivity index is 0.00000121. The molecule has 0 aliphatic rings. The number of fused-ring (bicyclic) bond motifs is 1. The van der Waals surface area contributed by atoms with Crippen LogP contribution in [-0.4, -0.2) is 17.3 Å². The molecule has 0 saturated heterocycles. The fourth-order valence-electron chi connectivity index (χ4n) is 2.12. The summed E-state index contributed by atoms with van der Waals surface area (Å²) in [5, 5.41) is 7.02. The first-order valence-electron chi connectivity index (χ1n) is 6.00. The molecular formula is C15H15ClFN3O2. The molecule has 5 nitrogen and oxygen atoms in total. The summed E-state index contributed by atoms with van der Waals surface area (Å²) in [7, 11) is 1.52. The van der Waals surface area contributed by atoms with Crippen molar-refractivity contribution >= 4 is 23.3 Å². The fourth-order valence-corrected chi connectivity index (χ4v) is 2.12. The molecule has 3 aromatic rings. The van der Waals surface area contributed by atoms with Gasteiger partial charge in [0.05, 0.1) is 18.7 Å². The van der Waals surface area contributed by atoms with E-state index >= 15 is 0 Å². The van der Waals surface area contributed by atoms with Crippen LogP contribution in [0, 0.1) is 5.82 Å². The van der Waals surface area contributed by atoms with Gasteiger partial charge in [0, 0.05) is 0 Å². The van der Waals surface area contributed by atoms with Crippen LogP contribution in [0.5, 0.6) is 5.75 Å². The second kappa shape index (κ2) is 7.02. The molecule has 0 fully saturated rings. The lowest BCUT2D eigenvalue weighted by atomic mass is 10.0. The van der Waals surface area contributed by atoms with Crippen LogP contribution in [0.15, 0.2) is 47.4 Å². The lowest BCUT2D eigenvalue weighted by Gasteiger charge is -2.08. The second-order valence-corrected chi connectivity index (χ2v) is 4.34. The van der Waals surface area contributed by atoms with Gasteiger partial charge in [-0.2, -0.15) is 5.10 Å². The van der Waals surface area contributed by atoms with E-state index in [9.17, 15) is 9.18 Å². The molecule has 0 spiro atoms. The highest BCUT2D eigenvalue weighted by Gasteiger charge is 2.09. The molecule has 4 N–H and O–H groups in total. The molecule has 0 saturated carbocycles. The van der Waals surface area contributed by atoms with E-state index in [2.05, 4.69) is 10.2 Å². The van der Waals surface area contributed by atoms with Crippen LogP contribution in [0.2, 0.25) is 0 Å². The summed E-state index contributed by atoms with van der Waals surface area (Å²) in [5.41, 5.74) is 1.95. The van der Waals surface area contributed by atoms with E-state index in [0.29, 0.717) is 16.7 Å². The highest BCUT2D eigenvalue weighted by Crippen LogP contribution is 2.29. The second-order valence-electron chi connectivity index (χ2n) is 4.34. The number of aromatic nitrogens is 2. The van der Waals surface area contributed by atoms with Crippen LogP contribution < -0.4 is 16.3 Å². The molecule has 0 bridgehead atoms. The highest BCUT2D eigenvalue weighted by molar-refractivity contribution is 5.89. The molecule has 116 valence electrons. The number of nitrogens with one attached hydrogen (secondary N) is 1. The van der Waals surface area contributed by atoms with Gasteiger partial charge in [0.1, 0.15) is 17.1 Å². The number of hydrogen-bond donors (Lipinski definition) is 2. The first-order valence-corrected chi connectivity index (χ1v) is 6.00.